The Morgan fingerprint density at radius 2 is 1.95 bits per heavy atom. The van der Waals surface area contributed by atoms with Gasteiger partial charge in [-0.25, -0.2) is 8.42 Å². The Hall–Kier alpha value is -1.68. The van der Waals surface area contributed by atoms with Crippen LogP contribution in [0.25, 0.3) is 0 Å². The van der Waals surface area contributed by atoms with Crippen LogP contribution >= 0.6 is 0 Å². The first-order valence-corrected chi connectivity index (χ1v) is 7.22. The van der Waals surface area contributed by atoms with E-state index in [9.17, 15) is 26.4 Å². The third-order valence-electron chi connectivity index (χ3n) is 2.54. The first-order chi connectivity index (χ1) is 9.47. The summed E-state index contributed by atoms with van der Waals surface area (Å²) >= 11 is 0. The van der Waals surface area contributed by atoms with Crippen molar-refractivity contribution in [2.75, 3.05) is 0 Å². The lowest BCUT2D eigenvalue weighted by Gasteiger charge is -2.19. The molecule has 0 aliphatic carbocycles. The maximum Gasteiger partial charge on any atom is 0.434 e. The van der Waals surface area contributed by atoms with Crippen LogP contribution in [0.3, 0.4) is 0 Å². The number of nitrogens with zero attached hydrogens (tertiary/aromatic N) is 1. The molecule has 1 rings (SSSR count). The lowest BCUT2D eigenvalue weighted by Crippen LogP contribution is -2.44. The molecule has 1 atom stereocenters. The van der Waals surface area contributed by atoms with Crippen molar-refractivity contribution in [1.82, 2.24) is 9.71 Å². The van der Waals surface area contributed by atoms with E-state index in [1.807, 2.05) is 0 Å². The van der Waals surface area contributed by atoms with E-state index in [1.54, 1.807) is 4.72 Å². The van der Waals surface area contributed by atoms with Gasteiger partial charge in [0.1, 0.15) is 10.9 Å². The molecule has 0 amide bonds. The highest BCUT2D eigenvalue weighted by Gasteiger charge is 2.40. The number of rotatable bonds is 5. The lowest BCUT2D eigenvalue weighted by molar-refractivity contribution is -0.143. The Morgan fingerprint density at radius 1 is 1.38 bits per heavy atom. The van der Waals surface area contributed by atoms with Gasteiger partial charge < -0.3 is 5.11 Å². The van der Waals surface area contributed by atoms with Gasteiger partial charge in [-0.05, 0) is 18.1 Å². The molecular formula is C11H13F3N2O4S. The van der Waals surface area contributed by atoms with E-state index in [2.05, 4.69) is 4.98 Å². The SMILES string of the molecule is CC(C)[C@@H](NS(=O)(=O)c1cccnc1C(F)(F)F)C(=O)O. The highest BCUT2D eigenvalue weighted by Crippen LogP contribution is 2.32. The summed E-state index contributed by atoms with van der Waals surface area (Å²) in [5.74, 6) is -2.13. The molecule has 21 heavy (non-hydrogen) atoms. The fourth-order valence-electron chi connectivity index (χ4n) is 1.52. The Bertz CT molecular complexity index is 629. The first kappa shape index (κ1) is 17.4. The second kappa shape index (κ2) is 5.98. The topological polar surface area (TPSA) is 96.4 Å². The number of carbonyl (C=O) groups is 1. The zero-order chi connectivity index (χ0) is 16.4. The average molecular weight is 326 g/mol. The van der Waals surface area contributed by atoms with Gasteiger partial charge in [-0.3, -0.25) is 9.78 Å². The number of sulfonamides is 1. The molecule has 0 saturated carbocycles. The molecule has 0 aliphatic heterocycles. The third-order valence-corrected chi connectivity index (χ3v) is 4.02. The monoisotopic (exact) mass is 326 g/mol. The van der Waals surface area contributed by atoms with Crippen molar-refractivity contribution >= 4 is 16.0 Å². The van der Waals surface area contributed by atoms with Crippen LogP contribution < -0.4 is 4.72 Å². The number of carboxylic acids is 1. The number of aliphatic carboxylic acids is 1. The number of pyridine rings is 1. The second-order valence-corrected chi connectivity index (χ2v) is 6.21. The van der Waals surface area contributed by atoms with Gasteiger partial charge in [-0.15, -0.1) is 0 Å². The van der Waals surface area contributed by atoms with E-state index in [0.29, 0.717) is 0 Å². The molecule has 1 aromatic heterocycles. The summed E-state index contributed by atoms with van der Waals surface area (Å²) < 4.78 is 64.0. The highest BCUT2D eigenvalue weighted by atomic mass is 32.2. The van der Waals surface area contributed by atoms with Crippen molar-refractivity contribution in [1.29, 1.82) is 0 Å². The summed E-state index contributed by atoms with van der Waals surface area (Å²) in [4.78, 5) is 12.9. The summed E-state index contributed by atoms with van der Waals surface area (Å²) in [5, 5.41) is 8.92. The maximum atomic E-state index is 12.8. The number of aromatic nitrogens is 1. The third kappa shape index (κ3) is 4.14. The van der Waals surface area contributed by atoms with E-state index < -0.39 is 44.7 Å². The molecule has 0 radical (unpaired) electrons. The lowest BCUT2D eigenvalue weighted by atomic mass is 10.1. The number of halogens is 3. The minimum atomic E-state index is -4.97. The quantitative estimate of drug-likeness (QED) is 0.854. The molecule has 0 bridgehead atoms. The molecule has 118 valence electrons. The van der Waals surface area contributed by atoms with E-state index >= 15 is 0 Å². The predicted octanol–water partition coefficient (Wildman–Crippen LogP) is 1.49. The molecule has 0 fully saturated rings. The van der Waals surface area contributed by atoms with E-state index in [1.165, 1.54) is 13.8 Å². The minimum Gasteiger partial charge on any atom is -0.480 e. The van der Waals surface area contributed by atoms with Crippen LogP contribution in [0.4, 0.5) is 13.2 Å². The summed E-state index contributed by atoms with van der Waals surface area (Å²) in [5.41, 5.74) is -1.59. The van der Waals surface area contributed by atoms with Crippen LogP contribution in [-0.4, -0.2) is 30.5 Å². The van der Waals surface area contributed by atoms with Gasteiger partial charge in [0.2, 0.25) is 10.0 Å². The van der Waals surface area contributed by atoms with E-state index in [-0.39, 0.29) is 0 Å². The first-order valence-electron chi connectivity index (χ1n) is 5.74. The molecule has 0 aromatic carbocycles. The van der Waals surface area contributed by atoms with Crippen molar-refractivity contribution in [3.63, 3.8) is 0 Å². The Morgan fingerprint density at radius 3 is 2.38 bits per heavy atom. The van der Waals surface area contributed by atoms with Gasteiger partial charge in [0.05, 0.1) is 0 Å². The average Bonchev–Trinajstić information content (AvgIpc) is 2.34. The molecule has 0 aliphatic rings. The number of alkyl halides is 3. The van der Waals surface area contributed by atoms with Crippen molar-refractivity contribution in [3.05, 3.63) is 24.0 Å². The zero-order valence-electron chi connectivity index (χ0n) is 11.0. The molecule has 10 heteroatoms. The summed E-state index contributed by atoms with van der Waals surface area (Å²) in [6, 6.07) is 0.197. The van der Waals surface area contributed by atoms with Gasteiger partial charge in [-0.1, -0.05) is 13.8 Å². The van der Waals surface area contributed by atoms with E-state index in [0.717, 1.165) is 18.3 Å². The molecular weight excluding hydrogens is 313 g/mol. The molecule has 1 aromatic rings. The molecule has 6 nitrogen and oxygen atoms in total. The van der Waals surface area contributed by atoms with Crippen LogP contribution in [-0.2, 0) is 21.0 Å². The van der Waals surface area contributed by atoms with Crippen molar-refractivity contribution < 1.29 is 31.5 Å². The normalized spacial score (nSPS) is 14.2. The van der Waals surface area contributed by atoms with E-state index in [4.69, 9.17) is 5.11 Å². The Balaban J connectivity index is 3.30. The number of hydrogen-bond acceptors (Lipinski definition) is 4. The number of carboxylic acid groups (broad SMARTS) is 1. The second-order valence-electron chi connectivity index (χ2n) is 4.53. The predicted molar refractivity (Wildman–Crippen MR) is 65.8 cm³/mol. The van der Waals surface area contributed by atoms with Gasteiger partial charge in [-0.2, -0.15) is 17.9 Å². The minimum absolute atomic E-state index is 0.650. The molecule has 1 heterocycles. The summed E-state index contributed by atoms with van der Waals surface area (Å²) in [6.07, 6.45) is -4.17. The van der Waals surface area contributed by atoms with Gasteiger partial charge in [0.15, 0.2) is 5.69 Å². The van der Waals surface area contributed by atoms with Crippen LogP contribution in [0.5, 0.6) is 0 Å². The Labute approximate surface area is 119 Å². The molecule has 0 spiro atoms. The zero-order valence-corrected chi connectivity index (χ0v) is 11.9. The summed E-state index contributed by atoms with van der Waals surface area (Å²) in [6.45, 7) is 2.85. The highest BCUT2D eigenvalue weighted by molar-refractivity contribution is 7.89. The smallest absolute Gasteiger partial charge is 0.434 e. The van der Waals surface area contributed by atoms with Crippen LogP contribution in [0, 0.1) is 5.92 Å². The van der Waals surface area contributed by atoms with Gasteiger partial charge in [0, 0.05) is 6.20 Å². The van der Waals surface area contributed by atoms with Crippen LogP contribution in [0.1, 0.15) is 19.5 Å². The van der Waals surface area contributed by atoms with Gasteiger partial charge >= 0.3 is 12.1 Å². The summed E-state index contributed by atoms with van der Waals surface area (Å²) in [7, 11) is -4.68. The Kier molecular flexibility index (Phi) is 4.95. The van der Waals surface area contributed by atoms with Crippen molar-refractivity contribution in [2.45, 2.75) is 31.0 Å². The van der Waals surface area contributed by atoms with Crippen LogP contribution in [0.2, 0.25) is 0 Å². The fourth-order valence-corrected chi connectivity index (χ4v) is 3.04. The largest absolute Gasteiger partial charge is 0.480 e. The van der Waals surface area contributed by atoms with Crippen LogP contribution in [0.15, 0.2) is 23.2 Å². The fraction of sp³-hybridized carbons (Fsp3) is 0.455. The maximum absolute atomic E-state index is 12.8. The standard InChI is InChI=1S/C11H13F3N2O4S/c1-6(2)8(10(17)18)16-21(19,20)7-4-3-5-15-9(7)11(12,13)14/h3-6,8,16H,1-2H3,(H,17,18)/t8-/m1/s1. The van der Waals surface area contributed by atoms with Gasteiger partial charge in [0.25, 0.3) is 0 Å². The molecule has 0 unspecified atom stereocenters. The molecule has 2 N–H and O–H groups in total. The van der Waals surface area contributed by atoms with Crippen molar-refractivity contribution in [2.24, 2.45) is 5.92 Å². The molecule has 0 saturated heterocycles. The van der Waals surface area contributed by atoms with Crippen molar-refractivity contribution in [3.8, 4) is 0 Å². The number of nitrogens with one attached hydrogen (secondary N) is 1. The number of hydrogen-bond donors (Lipinski definition) is 2.